The van der Waals surface area contributed by atoms with Gasteiger partial charge in [0.25, 0.3) is 11.8 Å². The number of carbonyl (C=O) groups is 2. The summed E-state index contributed by atoms with van der Waals surface area (Å²) in [5, 5.41) is 5.53. The molecule has 0 radical (unpaired) electrons. The molecule has 4 nitrogen and oxygen atoms in total. The van der Waals surface area contributed by atoms with Crippen LogP contribution in [0.3, 0.4) is 0 Å². The second-order valence-corrected chi connectivity index (χ2v) is 6.09. The van der Waals surface area contributed by atoms with E-state index in [9.17, 15) is 9.59 Å². The quantitative estimate of drug-likeness (QED) is 0.908. The topological polar surface area (TPSA) is 58.2 Å². The third-order valence-corrected chi connectivity index (χ3v) is 4.57. The molecule has 1 heterocycles. The number of hydrogen-bond acceptors (Lipinski definition) is 2. The van der Waals surface area contributed by atoms with Gasteiger partial charge in [-0.25, -0.2) is 0 Å². The first-order chi connectivity index (χ1) is 11.6. The number of fused-ring (bicyclic) bond motifs is 1. The van der Waals surface area contributed by atoms with Crippen LogP contribution in [0.15, 0.2) is 36.4 Å². The van der Waals surface area contributed by atoms with E-state index in [0.717, 1.165) is 42.5 Å². The highest BCUT2D eigenvalue weighted by molar-refractivity contribution is 5.97. The maximum absolute atomic E-state index is 12.1. The molecular weight excluding hydrogens is 300 g/mol. The van der Waals surface area contributed by atoms with E-state index in [-0.39, 0.29) is 11.8 Å². The van der Waals surface area contributed by atoms with Crippen LogP contribution in [-0.4, -0.2) is 25.4 Å². The van der Waals surface area contributed by atoms with Gasteiger partial charge >= 0.3 is 0 Å². The van der Waals surface area contributed by atoms with Crippen molar-refractivity contribution in [2.45, 2.75) is 26.2 Å². The number of rotatable bonds is 4. The first-order valence-corrected chi connectivity index (χ1v) is 8.36. The molecule has 0 spiro atoms. The summed E-state index contributed by atoms with van der Waals surface area (Å²) in [6, 6.07) is 11.8. The SMILES string of the molecule is CCc1cc2c(cc1Cc1ccc(C(=O)NC)cc1)C(=O)NCC2. The van der Waals surface area contributed by atoms with Crippen LogP contribution in [0, 0.1) is 0 Å². The molecule has 0 saturated heterocycles. The molecule has 2 aromatic rings. The van der Waals surface area contributed by atoms with Crippen LogP contribution < -0.4 is 10.6 Å². The summed E-state index contributed by atoms with van der Waals surface area (Å²) >= 11 is 0. The summed E-state index contributed by atoms with van der Waals surface area (Å²) in [6.07, 6.45) is 2.60. The molecule has 1 aliphatic rings. The lowest BCUT2D eigenvalue weighted by molar-refractivity contribution is 0.0942. The minimum Gasteiger partial charge on any atom is -0.355 e. The summed E-state index contributed by atoms with van der Waals surface area (Å²) < 4.78 is 0. The molecule has 0 bridgehead atoms. The fourth-order valence-electron chi connectivity index (χ4n) is 3.20. The van der Waals surface area contributed by atoms with Gasteiger partial charge in [0.2, 0.25) is 0 Å². The summed E-state index contributed by atoms with van der Waals surface area (Å²) in [7, 11) is 1.63. The van der Waals surface area contributed by atoms with Crippen molar-refractivity contribution in [3.63, 3.8) is 0 Å². The third kappa shape index (κ3) is 3.18. The number of hydrogen-bond donors (Lipinski definition) is 2. The van der Waals surface area contributed by atoms with Crippen molar-refractivity contribution in [1.82, 2.24) is 10.6 Å². The Kier molecular flexibility index (Phi) is 4.65. The van der Waals surface area contributed by atoms with E-state index < -0.39 is 0 Å². The Morgan fingerprint density at radius 2 is 1.92 bits per heavy atom. The van der Waals surface area contributed by atoms with Crippen molar-refractivity contribution in [3.8, 4) is 0 Å². The Bertz CT molecular complexity index is 779. The molecule has 1 aliphatic heterocycles. The Labute approximate surface area is 142 Å². The summed E-state index contributed by atoms with van der Waals surface area (Å²) in [6.45, 7) is 2.86. The second-order valence-electron chi connectivity index (χ2n) is 6.09. The number of aryl methyl sites for hydroxylation is 1. The molecule has 2 aromatic carbocycles. The van der Waals surface area contributed by atoms with Crippen LogP contribution in [0.4, 0.5) is 0 Å². The lowest BCUT2D eigenvalue weighted by Gasteiger charge is -2.20. The normalized spacial score (nSPS) is 13.2. The Morgan fingerprint density at radius 1 is 1.17 bits per heavy atom. The molecule has 2 N–H and O–H groups in total. The highest BCUT2D eigenvalue weighted by Crippen LogP contribution is 2.23. The molecule has 124 valence electrons. The average molecular weight is 322 g/mol. The zero-order valence-electron chi connectivity index (χ0n) is 14.1. The van der Waals surface area contributed by atoms with E-state index >= 15 is 0 Å². The molecule has 2 amide bonds. The van der Waals surface area contributed by atoms with Crippen molar-refractivity contribution < 1.29 is 9.59 Å². The summed E-state index contributed by atoms with van der Waals surface area (Å²) in [5.41, 5.74) is 6.21. The van der Waals surface area contributed by atoms with Gasteiger partial charge in [0.1, 0.15) is 0 Å². The molecule has 0 fully saturated rings. The maximum Gasteiger partial charge on any atom is 0.251 e. The van der Waals surface area contributed by atoms with Crippen molar-refractivity contribution in [2.75, 3.05) is 13.6 Å². The van der Waals surface area contributed by atoms with Gasteiger partial charge in [0.05, 0.1) is 0 Å². The van der Waals surface area contributed by atoms with Gasteiger partial charge in [-0.15, -0.1) is 0 Å². The van der Waals surface area contributed by atoms with Gasteiger partial charge in [-0.3, -0.25) is 9.59 Å². The fraction of sp³-hybridized carbons (Fsp3) is 0.300. The largest absolute Gasteiger partial charge is 0.355 e. The Morgan fingerprint density at radius 3 is 2.58 bits per heavy atom. The first-order valence-electron chi connectivity index (χ1n) is 8.36. The lowest BCUT2D eigenvalue weighted by atomic mass is 9.90. The molecule has 0 unspecified atom stereocenters. The number of amides is 2. The smallest absolute Gasteiger partial charge is 0.251 e. The molecule has 3 rings (SSSR count). The van der Waals surface area contributed by atoms with Gasteiger partial charge in [0.15, 0.2) is 0 Å². The number of carbonyl (C=O) groups excluding carboxylic acids is 2. The second kappa shape index (κ2) is 6.87. The number of nitrogens with one attached hydrogen (secondary N) is 2. The monoisotopic (exact) mass is 322 g/mol. The lowest BCUT2D eigenvalue weighted by Crippen LogP contribution is -2.32. The van der Waals surface area contributed by atoms with Gasteiger partial charge in [-0.2, -0.15) is 0 Å². The van der Waals surface area contributed by atoms with Crippen LogP contribution in [0.2, 0.25) is 0 Å². The molecule has 24 heavy (non-hydrogen) atoms. The van der Waals surface area contributed by atoms with Crippen molar-refractivity contribution in [3.05, 3.63) is 69.8 Å². The predicted octanol–water partition coefficient (Wildman–Crippen LogP) is 2.49. The van der Waals surface area contributed by atoms with E-state index in [4.69, 9.17) is 0 Å². The van der Waals surface area contributed by atoms with Gasteiger partial charge in [-0.1, -0.05) is 25.1 Å². The molecule has 0 atom stereocenters. The van der Waals surface area contributed by atoms with Crippen molar-refractivity contribution >= 4 is 11.8 Å². The molecule has 0 aliphatic carbocycles. The van der Waals surface area contributed by atoms with E-state index in [2.05, 4.69) is 23.6 Å². The minimum atomic E-state index is -0.0822. The average Bonchev–Trinajstić information content (AvgIpc) is 2.62. The van der Waals surface area contributed by atoms with Gasteiger partial charge < -0.3 is 10.6 Å². The van der Waals surface area contributed by atoms with E-state index in [1.54, 1.807) is 7.05 Å². The standard InChI is InChI=1S/C20H22N2O2/c1-3-14-11-16-8-9-22-20(24)18(16)12-17(14)10-13-4-6-15(7-5-13)19(23)21-2/h4-7,11-12H,3,8-10H2,1-2H3,(H,21,23)(H,22,24). The number of benzene rings is 2. The summed E-state index contributed by atoms with van der Waals surface area (Å²) in [5.74, 6) is -0.0589. The van der Waals surface area contributed by atoms with E-state index in [1.807, 2.05) is 30.3 Å². The highest BCUT2D eigenvalue weighted by atomic mass is 16.2. The van der Waals surface area contributed by atoms with E-state index in [1.165, 1.54) is 11.1 Å². The fourth-order valence-corrected chi connectivity index (χ4v) is 3.20. The van der Waals surface area contributed by atoms with Gasteiger partial charge in [0, 0.05) is 24.7 Å². The Balaban J connectivity index is 1.90. The molecule has 0 aromatic heterocycles. The zero-order chi connectivity index (χ0) is 17.1. The molecular formula is C20H22N2O2. The minimum absolute atomic E-state index is 0.0233. The molecule has 0 saturated carbocycles. The first kappa shape index (κ1) is 16.2. The van der Waals surface area contributed by atoms with Crippen LogP contribution in [0.1, 0.15) is 49.9 Å². The van der Waals surface area contributed by atoms with Crippen molar-refractivity contribution in [2.24, 2.45) is 0 Å². The van der Waals surface area contributed by atoms with Crippen molar-refractivity contribution in [1.29, 1.82) is 0 Å². The van der Waals surface area contributed by atoms with Gasteiger partial charge in [-0.05, 0) is 59.7 Å². The Hall–Kier alpha value is -2.62. The predicted molar refractivity (Wildman–Crippen MR) is 94.5 cm³/mol. The van der Waals surface area contributed by atoms with E-state index in [0.29, 0.717) is 5.56 Å². The zero-order valence-corrected chi connectivity index (χ0v) is 14.1. The highest BCUT2D eigenvalue weighted by Gasteiger charge is 2.19. The van der Waals surface area contributed by atoms with Crippen LogP contribution >= 0.6 is 0 Å². The third-order valence-electron chi connectivity index (χ3n) is 4.57. The maximum atomic E-state index is 12.1. The van der Waals surface area contributed by atoms with Crippen LogP contribution in [0.25, 0.3) is 0 Å². The molecule has 4 heteroatoms. The summed E-state index contributed by atoms with van der Waals surface area (Å²) in [4.78, 5) is 23.7. The van der Waals surface area contributed by atoms with Crippen LogP contribution in [0.5, 0.6) is 0 Å². The van der Waals surface area contributed by atoms with Crippen LogP contribution in [-0.2, 0) is 19.3 Å².